The van der Waals surface area contributed by atoms with Gasteiger partial charge in [0.25, 0.3) is 0 Å². The number of carboxylic acid groups (broad SMARTS) is 1. The molecule has 92 valence electrons. The largest absolute Gasteiger partial charge is 0.493 e. The number of rotatable bonds is 3. The minimum Gasteiger partial charge on any atom is -0.493 e. The van der Waals surface area contributed by atoms with Gasteiger partial charge in [0.15, 0.2) is 0 Å². The molecule has 0 saturated carbocycles. The lowest BCUT2D eigenvalue weighted by atomic mass is 10.0. The lowest BCUT2D eigenvalue weighted by Crippen LogP contribution is -2.01. The van der Waals surface area contributed by atoms with Crippen LogP contribution in [0.1, 0.15) is 11.3 Å². The summed E-state index contributed by atoms with van der Waals surface area (Å²) in [5.41, 5.74) is 3.60. The zero-order chi connectivity index (χ0) is 12.5. The van der Waals surface area contributed by atoms with Crippen LogP contribution in [-0.2, 0) is 17.6 Å². The lowest BCUT2D eigenvalue weighted by molar-refractivity contribution is -0.136. The molecule has 0 fully saturated rings. The highest BCUT2D eigenvalue weighted by Gasteiger charge is 2.15. The van der Waals surface area contributed by atoms with Gasteiger partial charge < -0.3 is 9.84 Å². The summed E-state index contributed by atoms with van der Waals surface area (Å²) in [6.07, 6.45) is 2.51. The van der Waals surface area contributed by atoms with Crippen molar-refractivity contribution in [1.82, 2.24) is 10.2 Å². The third-order valence-electron chi connectivity index (χ3n) is 3.05. The van der Waals surface area contributed by atoms with Crippen LogP contribution in [0.2, 0.25) is 0 Å². The van der Waals surface area contributed by atoms with Crippen molar-refractivity contribution in [3.63, 3.8) is 0 Å². The van der Waals surface area contributed by atoms with E-state index in [-0.39, 0.29) is 6.42 Å². The van der Waals surface area contributed by atoms with E-state index in [4.69, 9.17) is 9.84 Å². The third-order valence-corrected chi connectivity index (χ3v) is 3.05. The standard InChI is InChI=1S/C13H12N2O3/c16-13(17)6-11-10(7-14-15-11)8-1-2-12-9(5-8)3-4-18-12/h1-2,5,7H,3-4,6H2,(H,14,15)(H,16,17). The fourth-order valence-electron chi connectivity index (χ4n) is 2.20. The second-order valence-electron chi connectivity index (χ2n) is 4.25. The van der Waals surface area contributed by atoms with Gasteiger partial charge in [-0.3, -0.25) is 9.89 Å². The van der Waals surface area contributed by atoms with E-state index in [1.54, 1.807) is 6.20 Å². The van der Waals surface area contributed by atoms with Crippen LogP contribution >= 0.6 is 0 Å². The first kappa shape index (κ1) is 10.8. The number of hydrogen-bond acceptors (Lipinski definition) is 3. The summed E-state index contributed by atoms with van der Waals surface area (Å²) in [6.45, 7) is 0.714. The molecule has 0 saturated heterocycles. The number of fused-ring (bicyclic) bond motifs is 1. The van der Waals surface area contributed by atoms with Gasteiger partial charge >= 0.3 is 5.97 Å². The highest BCUT2D eigenvalue weighted by atomic mass is 16.5. The Morgan fingerprint density at radius 1 is 1.50 bits per heavy atom. The molecule has 0 bridgehead atoms. The van der Waals surface area contributed by atoms with Crippen molar-refractivity contribution in [3.8, 4) is 16.9 Å². The number of aromatic amines is 1. The summed E-state index contributed by atoms with van der Waals surface area (Å²) in [5, 5.41) is 15.5. The summed E-state index contributed by atoms with van der Waals surface area (Å²) in [7, 11) is 0. The number of carbonyl (C=O) groups is 1. The van der Waals surface area contributed by atoms with Gasteiger partial charge in [-0.15, -0.1) is 0 Å². The Balaban J connectivity index is 1.99. The van der Waals surface area contributed by atoms with E-state index in [0.717, 1.165) is 28.9 Å². The molecule has 18 heavy (non-hydrogen) atoms. The van der Waals surface area contributed by atoms with Crippen molar-refractivity contribution in [2.75, 3.05) is 6.61 Å². The van der Waals surface area contributed by atoms with Gasteiger partial charge in [0.05, 0.1) is 24.9 Å². The average molecular weight is 244 g/mol. The zero-order valence-corrected chi connectivity index (χ0v) is 9.64. The molecular weight excluding hydrogens is 232 g/mol. The van der Waals surface area contributed by atoms with Crippen molar-refractivity contribution in [3.05, 3.63) is 35.7 Å². The van der Waals surface area contributed by atoms with Crippen LogP contribution in [-0.4, -0.2) is 27.9 Å². The van der Waals surface area contributed by atoms with Crippen molar-refractivity contribution >= 4 is 5.97 Å². The Kier molecular flexibility index (Phi) is 2.51. The van der Waals surface area contributed by atoms with Gasteiger partial charge in [-0.25, -0.2) is 0 Å². The molecule has 0 aliphatic carbocycles. The molecule has 1 aromatic carbocycles. The van der Waals surface area contributed by atoms with Gasteiger partial charge in [0, 0.05) is 12.0 Å². The molecule has 2 N–H and O–H groups in total. The number of H-pyrrole nitrogens is 1. The van der Waals surface area contributed by atoms with Crippen LogP contribution in [0.15, 0.2) is 24.4 Å². The number of hydrogen-bond donors (Lipinski definition) is 2. The molecule has 1 aromatic heterocycles. The molecule has 0 unspecified atom stereocenters. The summed E-state index contributed by atoms with van der Waals surface area (Å²) < 4.78 is 5.45. The topological polar surface area (TPSA) is 75.2 Å². The number of ether oxygens (including phenoxy) is 1. The van der Waals surface area contributed by atoms with E-state index in [1.165, 1.54) is 0 Å². The maximum Gasteiger partial charge on any atom is 0.309 e. The molecule has 0 atom stereocenters. The fraction of sp³-hybridized carbons (Fsp3) is 0.231. The Labute approximate surface area is 103 Å². The average Bonchev–Trinajstić information content (AvgIpc) is 2.95. The van der Waals surface area contributed by atoms with Crippen LogP contribution in [0.4, 0.5) is 0 Å². The smallest absolute Gasteiger partial charge is 0.309 e. The summed E-state index contributed by atoms with van der Waals surface area (Å²) in [5.74, 6) is 0.0482. The normalized spacial score (nSPS) is 13.1. The second kappa shape index (κ2) is 4.18. The molecular formula is C13H12N2O3. The van der Waals surface area contributed by atoms with Crippen LogP contribution in [0.25, 0.3) is 11.1 Å². The number of aliphatic carboxylic acids is 1. The van der Waals surface area contributed by atoms with Gasteiger partial charge in [0.1, 0.15) is 5.75 Å². The molecule has 5 nitrogen and oxygen atoms in total. The highest BCUT2D eigenvalue weighted by Crippen LogP contribution is 2.31. The SMILES string of the molecule is O=C(O)Cc1[nH]ncc1-c1ccc2c(c1)CCO2. The monoisotopic (exact) mass is 244 g/mol. The first-order valence-electron chi connectivity index (χ1n) is 5.74. The second-order valence-corrected chi connectivity index (χ2v) is 4.25. The quantitative estimate of drug-likeness (QED) is 0.860. The van der Waals surface area contributed by atoms with E-state index in [2.05, 4.69) is 10.2 Å². The molecule has 0 spiro atoms. The first-order chi connectivity index (χ1) is 8.74. The van der Waals surface area contributed by atoms with E-state index >= 15 is 0 Å². The number of nitrogens with one attached hydrogen (secondary N) is 1. The molecule has 2 heterocycles. The van der Waals surface area contributed by atoms with E-state index in [1.807, 2.05) is 18.2 Å². The molecule has 2 aromatic rings. The summed E-state index contributed by atoms with van der Waals surface area (Å²) in [4.78, 5) is 10.8. The molecule has 5 heteroatoms. The zero-order valence-electron chi connectivity index (χ0n) is 9.64. The van der Waals surface area contributed by atoms with Crippen molar-refractivity contribution < 1.29 is 14.6 Å². The molecule has 0 radical (unpaired) electrons. The first-order valence-corrected chi connectivity index (χ1v) is 5.74. The van der Waals surface area contributed by atoms with Crippen molar-refractivity contribution in [2.45, 2.75) is 12.8 Å². The van der Waals surface area contributed by atoms with Crippen LogP contribution in [0.5, 0.6) is 5.75 Å². The third kappa shape index (κ3) is 1.84. The number of aromatic nitrogens is 2. The van der Waals surface area contributed by atoms with Crippen LogP contribution < -0.4 is 4.74 Å². The van der Waals surface area contributed by atoms with Crippen LogP contribution in [0.3, 0.4) is 0 Å². The molecule has 3 rings (SSSR count). The maximum absolute atomic E-state index is 10.8. The predicted molar refractivity (Wildman–Crippen MR) is 64.6 cm³/mol. The fourth-order valence-corrected chi connectivity index (χ4v) is 2.20. The van der Waals surface area contributed by atoms with E-state index < -0.39 is 5.97 Å². The number of benzene rings is 1. The molecule has 1 aliphatic heterocycles. The minimum absolute atomic E-state index is 0.0527. The Morgan fingerprint density at radius 3 is 3.22 bits per heavy atom. The van der Waals surface area contributed by atoms with Gasteiger partial charge in [-0.05, 0) is 23.3 Å². The Morgan fingerprint density at radius 2 is 2.39 bits per heavy atom. The summed E-state index contributed by atoms with van der Waals surface area (Å²) >= 11 is 0. The minimum atomic E-state index is -0.870. The van der Waals surface area contributed by atoms with Gasteiger partial charge in [-0.2, -0.15) is 5.10 Å². The Hall–Kier alpha value is -2.30. The summed E-state index contributed by atoms with van der Waals surface area (Å²) in [6, 6.07) is 5.90. The van der Waals surface area contributed by atoms with E-state index in [9.17, 15) is 4.79 Å². The van der Waals surface area contributed by atoms with Gasteiger partial charge in [0.2, 0.25) is 0 Å². The maximum atomic E-state index is 10.8. The van der Waals surface area contributed by atoms with Crippen LogP contribution in [0, 0.1) is 0 Å². The molecule has 0 amide bonds. The van der Waals surface area contributed by atoms with E-state index in [0.29, 0.717) is 12.3 Å². The Bertz CT molecular complexity index is 604. The van der Waals surface area contributed by atoms with Gasteiger partial charge in [-0.1, -0.05) is 6.07 Å². The number of nitrogens with zero attached hydrogens (tertiary/aromatic N) is 1. The van der Waals surface area contributed by atoms with Crippen molar-refractivity contribution in [2.24, 2.45) is 0 Å². The lowest BCUT2D eigenvalue weighted by Gasteiger charge is -2.04. The number of carboxylic acids is 1. The predicted octanol–water partition coefficient (Wildman–Crippen LogP) is 1.64. The molecule has 1 aliphatic rings. The highest BCUT2D eigenvalue weighted by molar-refractivity contribution is 5.75. The van der Waals surface area contributed by atoms with Crippen molar-refractivity contribution in [1.29, 1.82) is 0 Å².